The molecule has 5 heteroatoms. The van der Waals surface area contributed by atoms with Crippen molar-refractivity contribution < 1.29 is 9.53 Å². The number of rotatable bonds is 5. The van der Waals surface area contributed by atoms with Gasteiger partial charge in [0.25, 0.3) is 5.91 Å². The predicted octanol–water partition coefficient (Wildman–Crippen LogP) is 6.34. The molecule has 2 heterocycles. The summed E-state index contributed by atoms with van der Waals surface area (Å²) >= 11 is 0. The molecule has 1 amide bonds. The number of benzene rings is 3. The van der Waals surface area contributed by atoms with E-state index < -0.39 is 0 Å². The van der Waals surface area contributed by atoms with Crippen molar-refractivity contribution in [2.24, 2.45) is 0 Å². The summed E-state index contributed by atoms with van der Waals surface area (Å²) in [7, 11) is 0. The van der Waals surface area contributed by atoms with Gasteiger partial charge < -0.3 is 10.1 Å². The lowest BCUT2D eigenvalue weighted by Crippen LogP contribution is -2.13. The minimum atomic E-state index is -0.245. The third-order valence-corrected chi connectivity index (χ3v) is 4.99. The van der Waals surface area contributed by atoms with E-state index in [9.17, 15) is 4.79 Å². The first-order chi connectivity index (χ1) is 15.8. The molecule has 0 saturated carbocycles. The van der Waals surface area contributed by atoms with Gasteiger partial charge in [-0.25, -0.2) is 4.98 Å². The number of amides is 1. The number of nitrogens with zero attached hydrogens (tertiary/aromatic N) is 2. The number of carbonyl (C=O) groups excluding carboxylic acids is 1. The van der Waals surface area contributed by atoms with Crippen LogP contribution in [0.25, 0.3) is 22.3 Å². The van der Waals surface area contributed by atoms with E-state index in [1.807, 2.05) is 97.1 Å². The number of para-hydroxylation sites is 4. The fourth-order valence-corrected chi connectivity index (χ4v) is 3.47. The van der Waals surface area contributed by atoms with Gasteiger partial charge in [0, 0.05) is 11.6 Å². The third-order valence-electron chi connectivity index (χ3n) is 4.99. The summed E-state index contributed by atoms with van der Waals surface area (Å²) in [5.74, 6) is 1.02. The van der Waals surface area contributed by atoms with Gasteiger partial charge >= 0.3 is 0 Å². The van der Waals surface area contributed by atoms with Crippen LogP contribution >= 0.6 is 0 Å². The molecule has 32 heavy (non-hydrogen) atoms. The van der Waals surface area contributed by atoms with Gasteiger partial charge in [0.15, 0.2) is 5.75 Å². The molecule has 0 saturated heterocycles. The van der Waals surface area contributed by atoms with Crippen LogP contribution in [0.3, 0.4) is 0 Å². The van der Waals surface area contributed by atoms with E-state index in [-0.39, 0.29) is 5.91 Å². The molecule has 5 nitrogen and oxygen atoms in total. The Bertz CT molecular complexity index is 1390. The lowest BCUT2D eigenvalue weighted by atomic mass is 10.1. The SMILES string of the molecule is O=C(Nc1ccccc1Oc1ccccc1)c1cc(-c2ccccn2)nc2ccccc12. The zero-order valence-corrected chi connectivity index (χ0v) is 17.1. The van der Waals surface area contributed by atoms with Gasteiger partial charge in [0.1, 0.15) is 5.75 Å². The van der Waals surface area contributed by atoms with Crippen molar-refractivity contribution in [1.29, 1.82) is 0 Å². The molecule has 0 aliphatic carbocycles. The van der Waals surface area contributed by atoms with Gasteiger partial charge in [-0.15, -0.1) is 0 Å². The van der Waals surface area contributed by atoms with Crippen LogP contribution in [-0.4, -0.2) is 15.9 Å². The number of anilines is 1. The van der Waals surface area contributed by atoms with E-state index in [4.69, 9.17) is 9.72 Å². The van der Waals surface area contributed by atoms with Gasteiger partial charge in [-0.05, 0) is 48.5 Å². The first kappa shape index (κ1) is 19.5. The molecule has 0 aliphatic rings. The zero-order chi connectivity index (χ0) is 21.8. The van der Waals surface area contributed by atoms with Gasteiger partial charge in [-0.3, -0.25) is 9.78 Å². The second-order valence-corrected chi connectivity index (χ2v) is 7.15. The Balaban J connectivity index is 1.52. The fourth-order valence-electron chi connectivity index (χ4n) is 3.47. The molecule has 0 atom stereocenters. The molecular formula is C27H19N3O2. The number of hydrogen-bond acceptors (Lipinski definition) is 4. The van der Waals surface area contributed by atoms with Crippen molar-refractivity contribution in [3.05, 3.63) is 115 Å². The predicted molar refractivity (Wildman–Crippen MR) is 126 cm³/mol. The molecule has 0 aliphatic heterocycles. The fraction of sp³-hybridized carbons (Fsp3) is 0. The monoisotopic (exact) mass is 417 g/mol. The quantitative estimate of drug-likeness (QED) is 0.362. The average Bonchev–Trinajstić information content (AvgIpc) is 2.85. The molecule has 5 rings (SSSR count). The molecular weight excluding hydrogens is 398 g/mol. The van der Waals surface area contributed by atoms with Crippen LogP contribution in [0.4, 0.5) is 5.69 Å². The van der Waals surface area contributed by atoms with Crippen LogP contribution < -0.4 is 10.1 Å². The molecule has 0 fully saturated rings. The van der Waals surface area contributed by atoms with Crippen molar-refractivity contribution in [1.82, 2.24) is 9.97 Å². The number of pyridine rings is 2. The van der Waals surface area contributed by atoms with Crippen molar-refractivity contribution in [2.75, 3.05) is 5.32 Å². The molecule has 0 bridgehead atoms. The van der Waals surface area contributed by atoms with Crippen LogP contribution in [0.2, 0.25) is 0 Å². The maximum absolute atomic E-state index is 13.4. The molecule has 0 unspecified atom stereocenters. The summed E-state index contributed by atoms with van der Waals surface area (Å²) in [6, 6.07) is 31.8. The Morgan fingerprint density at radius 3 is 2.34 bits per heavy atom. The van der Waals surface area contributed by atoms with Crippen LogP contribution in [0.1, 0.15) is 10.4 Å². The van der Waals surface area contributed by atoms with Crippen molar-refractivity contribution >= 4 is 22.5 Å². The minimum absolute atomic E-state index is 0.245. The molecule has 5 aromatic rings. The highest BCUT2D eigenvalue weighted by molar-refractivity contribution is 6.13. The number of hydrogen-bond donors (Lipinski definition) is 1. The van der Waals surface area contributed by atoms with E-state index in [0.29, 0.717) is 34.1 Å². The minimum Gasteiger partial charge on any atom is -0.455 e. The Hall–Kier alpha value is -4.51. The number of aromatic nitrogens is 2. The van der Waals surface area contributed by atoms with E-state index >= 15 is 0 Å². The summed E-state index contributed by atoms with van der Waals surface area (Å²) in [6.07, 6.45) is 1.71. The second-order valence-electron chi connectivity index (χ2n) is 7.15. The maximum atomic E-state index is 13.4. The Kier molecular flexibility index (Phi) is 5.29. The second kappa shape index (κ2) is 8.70. The highest BCUT2D eigenvalue weighted by Gasteiger charge is 2.16. The van der Waals surface area contributed by atoms with E-state index in [1.54, 1.807) is 12.3 Å². The summed E-state index contributed by atoms with van der Waals surface area (Å²) in [6.45, 7) is 0. The van der Waals surface area contributed by atoms with Crippen molar-refractivity contribution in [2.45, 2.75) is 0 Å². The van der Waals surface area contributed by atoms with E-state index in [0.717, 1.165) is 10.9 Å². The zero-order valence-electron chi connectivity index (χ0n) is 17.1. The summed E-state index contributed by atoms with van der Waals surface area (Å²) in [4.78, 5) is 22.5. The van der Waals surface area contributed by atoms with Crippen LogP contribution in [0.15, 0.2) is 109 Å². The van der Waals surface area contributed by atoms with Gasteiger partial charge in [0.2, 0.25) is 0 Å². The molecule has 0 spiro atoms. The van der Waals surface area contributed by atoms with Crippen LogP contribution in [0, 0.1) is 0 Å². The first-order valence-electron chi connectivity index (χ1n) is 10.2. The average molecular weight is 417 g/mol. The molecule has 0 radical (unpaired) electrons. The lowest BCUT2D eigenvalue weighted by Gasteiger charge is -2.14. The van der Waals surface area contributed by atoms with E-state index in [1.165, 1.54) is 0 Å². The van der Waals surface area contributed by atoms with Gasteiger partial charge in [-0.2, -0.15) is 0 Å². The third kappa shape index (κ3) is 4.04. The highest BCUT2D eigenvalue weighted by Crippen LogP contribution is 2.30. The molecule has 154 valence electrons. The Morgan fingerprint density at radius 1 is 0.750 bits per heavy atom. The molecule has 3 aromatic carbocycles. The molecule has 1 N–H and O–H groups in total. The van der Waals surface area contributed by atoms with Crippen molar-refractivity contribution in [3.63, 3.8) is 0 Å². The summed E-state index contributed by atoms with van der Waals surface area (Å²) < 4.78 is 5.99. The highest BCUT2D eigenvalue weighted by atomic mass is 16.5. The Labute approximate surface area is 185 Å². The largest absolute Gasteiger partial charge is 0.455 e. The lowest BCUT2D eigenvalue weighted by molar-refractivity contribution is 0.102. The topological polar surface area (TPSA) is 64.1 Å². The number of carbonyl (C=O) groups is 1. The van der Waals surface area contributed by atoms with Gasteiger partial charge in [-0.1, -0.05) is 54.6 Å². The summed E-state index contributed by atoms with van der Waals surface area (Å²) in [5, 5.41) is 3.78. The van der Waals surface area contributed by atoms with Crippen LogP contribution in [-0.2, 0) is 0 Å². The number of nitrogens with one attached hydrogen (secondary N) is 1. The normalized spacial score (nSPS) is 10.6. The van der Waals surface area contributed by atoms with Gasteiger partial charge in [0.05, 0.1) is 28.2 Å². The van der Waals surface area contributed by atoms with Crippen molar-refractivity contribution in [3.8, 4) is 22.9 Å². The first-order valence-corrected chi connectivity index (χ1v) is 10.2. The maximum Gasteiger partial charge on any atom is 0.256 e. The Morgan fingerprint density at radius 2 is 1.50 bits per heavy atom. The molecule has 2 aromatic heterocycles. The standard InChI is InChI=1S/C27H19N3O2/c31-27(30-24-15-6-7-16-26(24)32-19-10-2-1-3-11-19)21-18-25(23-14-8-9-17-28-23)29-22-13-5-4-12-20(21)22/h1-18H,(H,30,31). The number of fused-ring (bicyclic) bond motifs is 1. The van der Waals surface area contributed by atoms with E-state index in [2.05, 4.69) is 10.3 Å². The smallest absolute Gasteiger partial charge is 0.256 e. The van der Waals surface area contributed by atoms with Crippen LogP contribution in [0.5, 0.6) is 11.5 Å². The summed E-state index contributed by atoms with van der Waals surface area (Å²) in [5.41, 5.74) is 3.19. The number of ether oxygens (including phenoxy) is 1.